The summed E-state index contributed by atoms with van der Waals surface area (Å²) in [5.74, 6) is -0.0682. The van der Waals surface area contributed by atoms with Crippen molar-refractivity contribution < 1.29 is 19.4 Å². The standard InChI is InChI=1S/C12H23NO4/c1-9(10-4-6-17-7-5-10)13-8-12(2,15)11(14)16-3/h9-10,13,15H,4-8H2,1-3H3. The molecule has 1 aliphatic heterocycles. The third-order valence-electron chi connectivity index (χ3n) is 3.37. The number of methoxy groups -OCH3 is 1. The molecule has 1 rings (SSSR count). The zero-order chi connectivity index (χ0) is 12.9. The van der Waals surface area contributed by atoms with Crippen molar-refractivity contribution in [2.45, 2.75) is 38.3 Å². The van der Waals surface area contributed by atoms with E-state index in [0.717, 1.165) is 26.1 Å². The van der Waals surface area contributed by atoms with E-state index >= 15 is 0 Å². The number of carbonyl (C=O) groups is 1. The van der Waals surface area contributed by atoms with E-state index < -0.39 is 11.6 Å². The highest BCUT2D eigenvalue weighted by atomic mass is 16.5. The van der Waals surface area contributed by atoms with E-state index in [4.69, 9.17) is 4.74 Å². The molecule has 2 unspecified atom stereocenters. The predicted octanol–water partition coefficient (Wildman–Crippen LogP) is 0.315. The lowest BCUT2D eigenvalue weighted by Gasteiger charge is -2.30. The fourth-order valence-corrected chi connectivity index (χ4v) is 2.03. The van der Waals surface area contributed by atoms with Crippen LogP contribution in [0.1, 0.15) is 26.7 Å². The Morgan fingerprint density at radius 2 is 2.18 bits per heavy atom. The van der Waals surface area contributed by atoms with Gasteiger partial charge >= 0.3 is 5.97 Å². The second-order valence-electron chi connectivity index (χ2n) is 4.88. The summed E-state index contributed by atoms with van der Waals surface area (Å²) in [6.07, 6.45) is 2.04. The van der Waals surface area contributed by atoms with Crippen molar-refractivity contribution in [1.82, 2.24) is 5.32 Å². The predicted molar refractivity (Wildman–Crippen MR) is 63.6 cm³/mol. The van der Waals surface area contributed by atoms with Crippen molar-refractivity contribution in [3.8, 4) is 0 Å². The molecule has 0 aromatic heterocycles. The van der Waals surface area contributed by atoms with Crippen LogP contribution in [0.3, 0.4) is 0 Å². The van der Waals surface area contributed by atoms with Crippen LogP contribution in [0.4, 0.5) is 0 Å². The first-order valence-electron chi connectivity index (χ1n) is 6.09. The van der Waals surface area contributed by atoms with Gasteiger partial charge in [0.2, 0.25) is 0 Å². The van der Waals surface area contributed by atoms with Gasteiger partial charge in [0.25, 0.3) is 0 Å². The summed E-state index contributed by atoms with van der Waals surface area (Å²) in [5.41, 5.74) is -1.46. The molecule has 100 valence electrons. The van der Waals surface area contributed by atoms with Crippen molar-refractivity contribution in [3.05, 3.63) is 0 Å². The minimum absolute atomic E-state index is 0.207. The molecule has 0 radical (unpaired) electrons. The smallest absolute Gasteiger partial charge is 0.338 e. The van der Waals surface area contributed by atoms with Gasteiger partial charge < -0.3 is 19.9 Å². The van der Waals surface area contributed by atoms with Crippen molar-refractivity contribution in [2.24, 2.45) is 5.92 Å². The molecular weight excluding hydrogens is 222 g/mol. The van der Waals surface area contributed by atoms with Gasteiger partial charge in [-0.05, 0) is 32.6 Å². The monoisotopic (exact) mass is 245 g/mol. The van der Waals surface area contributed by atoms with Crippen molar-refractivity contribution in [1.29, 1.82) is 0 Å². The zero-order valence-electron chi connectivity index (χ0n) is 10.9. The molecule has 0 aliphatic carbocycles. The summed E-state index contributed by atoms with van der Waals surface area (Å²) >= 11 is 0. The fourth-order valence-electron chi connectivity index (χ4n) is 2.03. The Kier molecular flexibility index (Phi) is 5.36. The minimum atomic E-state index is -1.46. The molecule has 0 aromatic rings. The van der Waals surface area contributed by atoms with Crippen LogP contribution in [0.25, 0.3) is 0 Å². The number of carbonyl (C=O) groups excluding carboxylic acids is 1. The van der Waals surface area contributed by atoms with Gasteiger partial charge in [0.15, 0.2) is 5.60 Å². The topological polar surface area (TPSA) is 67.8 Å². The number of nitrogens with one attached hydrogen (secondary N) is 1. The third kappa shape index (κ3) is 4.26. The second kappa shape index (κ2) is 6.33. The Labute approximate surface area is 102 Å². The summed E-state index contributed by atoms with van der Waals surface area (Å²) in [6, 6.07) is 0.259. The molecule has 0 amide bonds. The molecule has 0 spiro atoms. The summed E-state index contributed by atoms with van der Waals surface area (Å²) in [4.78, 5) is 11.3. The van der Waals surface area contributed by atoms with E-state index in [2.05, 4.69) is 17.0 Å². The van der Waals surface area contributed by atoms with Gasteiger partial charge in [-0.2, -0.15) is 0 Å². The Balaban J connectivity index is 2.36. The van der Waals surface area contributed by atoms with Crippen molar-refractivity contribution >= 4 is 5.97 Å². The lowest BCUT2D eigenvalue weighted by atomic mass is 9.92. The maximum atomic E-state index is 11.3. The van der Waals surface area contributed by atoms with Crippen LogP contribution in [0, 0.1) is 5.92 Å². The van der Waals surface area contributed by atoms with Crippen LogP contribution in [0.2, 0.25) is 0 Å². The molecule has 5 heteroatoms. The molecule has 0 aromatic carbocycles. The molecule has 1 fully saturated rings. The molecule has 1 saturated heterocycles. The Morgan fingerprint density at radius 3 is 2.71 bits per heavy atom. The SMILES string of the molecule is COC(=O)C(C)(O)CNC(C)C1CCOCC1. The molecule has 2 N–H and O–H groups in total. The van der Waals surface area contributed by atoms with Crippen LogP contribution in [-0.2, 0) is 14.3 Å². The van der Waals surface area contributed by atoms with Gasteiger partial charge in [0.05, 0.1) is 7.11 Å². The highest BCUT2D eigenvalue weighted by Crippen LogP contribution is 2.19. The summed E-state index contributed by atoms with van der Waals surface area (Å²) in [7, 11) is 1.28. The summed E-state index contributed by atoms with van der Waals surface area (Å²) < 4.78 is 9.84. The lowest BCUT2D eigenvalue weighted by molar-refractivity contribution is -0.160. The first-order valence-corrected chi connectivity index (χ1v) is 6.09. The number of hydrogen-bond acceptors (Lipinski definition) is 5. The van der Waals surface area contributed by atoms with E-state index in [9.17, 15) is 9.90 Å². The van der Waals surface area contributed by atoms with E-state index in [1.807, 2.05) is 0 Å². The van der Waals surface area contributed by atoms with Gasteiger partial charge in [-0.25, -0.2) is 4.79 Å². The van der Waals surface area contributed by atoms with Crippen molar-refractivity contribution in [3.63, 3.8) is 0 Å². The number of rotatable bonds is 5. The van der Waals surface area contributed by atoms with Gasteiger partial charge in [-0.3, -0.25) is 0 Å². The Hall–Kier alpha value is -0.650. The average Bonchev–Trinajstić information content (AvgIpc) is 2.36. The Bertz CT molecular complexity index is 249. The molecule has 0 saturated carbocycles. The minimum Gasteiger partial charge on any atom is -0.467 e. The number of ether oxygens (including phenoxy) is 2. The van der Waals surface area contributed by atoms with Crippen LogP contribution in [-0.4, -0.2) is 49.6 Å². The van der Waals surface area contributed by atoms with E-state index in [1.54, 1.807) is 0 Å². The highest BCUT2D eigenvalue weighted by Gasteiger charge is 2.32. The molecule has 2 atom stereocenters. The molecule has 0 bridgehead atoms. The van der Waals surface area contributed by atoms with Gasteiger partial charge in [0.1, 0.15) is 0 Å². The maximum absolute atomic E-state index is 11.3. The van der Waals surface area contributed by atoms with Crippen molar-refractivity contribution in [2.75, 3.05) is 26.9 Å². The quantitative estimate of drug-likeness (QED) is 0.683. The first-order chi connectivity index (χ1) is 7.97. The molecule has 1 aliphatic rings. The van der Waals surface area contributed by atoms with Gasteiger partial charge in [0, 0.05) is 25.8 Å². The summed E-state index contributed by atoms with van der Waals surface area (Å²) in [6.45, 7) is 5.33. The fraction of sp³-hybridized carbons (Fsp3) is 0.917. The van der Waals surface area contributed by atoms with E-state index in [0.29, 0.717) is 5.92 Å². The first kappa shape index (κ1) is 14.4. The normalized spacial score (nSPS) is 22.8. The third-order valence-corrected chi connectivity index (χ3v) is 3.37. The van der Waals surface area contributed by atoms with Crippen LogP contribution in [0.15, 0.2) is 0 Å². The van der Waals surface area contributed by atoms with Gasteiger partial charge in [-0.15, -0.1) is 0 Å². The van der Waals surface area contributed by atoms with E-state index in [1.165, 1.54) is 14.0 Å². The second-order valence-corrected chi connectivity index (χ2v) is 4.88. The molecule has 5 nitrogen and oxygen atoms in total. The number of esters is 1. The highest BCUT2D eigenvalue weighted by molar-refractivity contribution is 5.78. The Morgan fingerprint density at radius 1 is 1.59 bits per heavy atom. The van der Waals surface area contributed by atoms with Gasteiger partial charge in [-0.1, -0.05) is 0 Å². The number of aliphatic hydroxyl groups is 1. The molecule has 17 heavy (non-hydrogen) atoms. The van der Waals surface area contributed by atoms with Crippen LogP contribution in [0.5, 0.6) is 0 Å². The van der Waals surface area contributed by atoms with E-state index in [-0.39, 0.29) is 12.6 Å². The van der Waals surface area contributed by atoms with Crippen LogP contribution < -0.4 is 5.32 Å². The maximum Gasteiger partial charge on any atom is 0.338 e. The van der Waals surface area contributed by atoms with Crippen LogP contribution >= 0.6 is 0 Å². The molecule has 1 heterocycles. The molecular formula is C12H23NO4. The zero-order valence-corrected chi connectivity index (χ0v) is 10.9. The summed E-state index contributed by atoms with van der Waals surface area (Å²) in [5, 5.41) is 13.1. The largest absolute Gasteiger partial charge is 0.467 e. The lowest BCUT2D eigenvalue weighted by Crippen LogP contribution is -2.49. The average molecular weight is 245 g/mol. The number of hydrogen-bond donors (Lipinski definition) is 2.